The molecule has 0 saturated carbocycles. The fourth-order valence-electron chi connectivity index (χ4n) is 0.0422. The number of nitrogens with two attached hydrogens (primary N) is 2. The Hall–Kier alpha value is -0.592. The van der Waals surface area contributed by atoms with Gasteiger partial charge in [0.15, 0.2) is 0 Å². The Bertz CT molecular complexity index is 135. The number of hydrogen-bond donors (Lipinski definition) is 2. The molecule has 0 radical (unpaired) electrons. The van der Waals surface area contributed by atoms with E-state index in [1.165, 1.54) is 0 Å². The molecule has 0 rings (SSSR count). The molecule has 0 saturated heterocycles. The first-order valence-electron chi connectivity index (χ1n) is 1.38. The summed E-state index contributed by atoms with van der Waals surface area (Å²) < 4.78 is 6.72. The molecule has 0 aromatic heterocycles. The van der Waals surface area contributed by atoms with Gasteiger partial charge in [0, 0.05) is 0 Å². The summed E-state index contributed by atoms with van der Waals surface area (Å²) in [7, 11) is 0. The molecule has 0 aromatic carbocycles. The third-order valence-corrected chi connectivity index (χ3v) is 3.03. The van der Waals surface area contributed by atoms with Crippen molar-refractivity contribution in [3.63, 3.8) is 0 Å². The van der Waals surface area contributed by atoms with Gasteiger partial charge < -0.3 is 0 Å². The summed E-state index contributed by atoms with van der Waals surface area (Å²) in [5.74, 6) is 0. The van der Waals surface area contributed by atoms with Crippen LogP contribution in [0.5, 0.6) is 0 Å². The van der Waals surface area contributed by atoms with E-state index in [-0.39, 0.29) is 0 Å². The molecule has 8 nitrogen and oxygen atoms in total. The van der Waals surface area contributed by atoms with Crippen LogP contribution in [0.25, 0.3) is 0 Å². The molecule has 0 fully saturated rings. The van der Waals surface area contributed by atoms with Gasteiger partial charge in [0.05, 0.1) is 0 Å². The van der Waals surface area contributed by atoms with Crippen molar-refractivity contribution in [1.82, 2.24) is 0 Å². The molecule has 0 aliphatic heterocycles. The van der Waals surface area contributed by atoms with Crippen molar-refractivity contribution in [3.05, 3.63) is 20.2 Å². The molecule has 4 N–H and O–H groups in total. The second-order valence-electron chi connectivity index (χ2n) is 0.875. The van der Waals surface area contributed by atoms with Crippen LogP contribution in [0, 0.1) is 20.2 Å². The normalized spacial score (nSPS) is 12.7. The van der Waals surface area contributed by atoms with Crippen molar-refractivity contribution < 1.29 is 24.0 Å². The van der Waals surface area contributed by atoms with Crippen LogP contribution in [0.4, 0.5) is 0 Å². The van der Waals surface area contributed by atoms with E-state index in [0.29, 0.717) is 0 Å². The summed E-state index contributed by atoms with van der Waals surface area (Å²) in [5, 5.41) is 19.3. The van der Waals surface area contributed by atoms with Gasteiger partial charge in [0.1, 0.15) is 0 Å². The second-order valence-corrected chi connectivity index (χ2v) is 6.09. The van der Waals surface area contributed by atoms with Gasteiger partial charge in [-0.05, 0) is 0 Å². The van der Waals surface area contributed by atoms with Crippen molar-refractivity contribution >= 4 is 0 Å². The molecular formula is H4N4O4Pt-2. The van der Waals surface area contributed by atoms with Gasteiger partial charge >= 0.3 is 52.8 Å². The SMILES string of the molecule is [NH2][Pt-2]([NH2])([N+](=O)[O-])[N+](=O)[O-]. The Labute approximate surface area is 53.5 Å². The van der Waals surface area contributed by atoms with E-state index < -0.39 is 24.0 Å². The van der Waals surface area contributed by atoms with Gasteiger partial charge in [-0.15, -0.1) is 0 Å². The van der Waals surface area contributed by atoms with Crippen LogP contribution in [-0.4, -0.2) is 6.96 Å². The number of hydrogen-bond acceptors (Lipinski definition) is 6. The minimum absolute atomic E-state index is 1.20. The van der Waals surface area contributed by atoms with E-state index in [1.807, 2.05) is 0 Å². The Kier molecular flexibility index (Phi) is 2.18. The van der Waals surface area contributed by atoms with E-state index in [4.69, 9.17) is 0 Å². The molecule has 60 valence electrons. The van der Waals surface area contributed by atoms with Crippen molar-refractivity contribution in [2.75, 3.05) is 0 Å². The molecule has 9 heteroatoms. The van der Waals surface area contributed by atoms with Gasteiger partial charge in [-0.2, -0.15) is 0 Å². The average Bonchev–Trinajstić information content (AvgIpc) is 1.65. The Morgan fingerprint density at radius 1 is 1.11 bits per heavy atom. The van der Waals surface area contributed by atoms with Crippen molar-refractivity contribution in [3.8, 4) is 0 Å². The van der Waals surface area contributed by atoms with Crippen molar-refractivity contribution in [1.29, 1.82) is 0 Å². The van der Waals surface area contributed by atoms with Crippen LogP contribution < -0.4 is 8.58 Å². The number of rotatable bonds is 2. The molecule has 0 aliphatic rings. The average molecular weight is 319 g/mol. The molecule has 0 heterocycles. The van der Waals surface area contributed by atoms with Gasteiger partial charge in [0.25, 0.3) is 0 Å². The van der Waals surface area contributed by atoms with Crippen LogP contribution in [0.2, 0.25) is 0 Å². The molecule has 0 atom stereocenters. The van der Waals surface area contributed by atoms with Gasteiger partial charge in [-0.3, -0.25) is 0 Å². The zero-order valence-corrected chi connectivity index (χ0v) is 6.27. The zero-order valence-electron chi connectivity index (χ0n) is 4.00. The molecular weight excluding hydrogens is 315 g/mol. The molecule has 0 amide bonds. The number of nitro groups is 2. The monoisotopic (exact) mass is 319 g/mol. The summed E-state index contributed by atoms with van der Waals surface area (Å²) in [6.07, 6.45) is 0. The van der Waals surface area contributed by atoms with Gasteiger partial charge in [-0.25, -0.2) is 0 Å². The van der Waals surface area contributed by atoms with Gasteiger partial charge in [-0.1, -0.05) is 0 Å². The molecule has 0 bridgehead atoms. The summed E-state index contributed by atoms with van der Waals surface area (Å²) in [4.78, 5) is 19.3. The predicted octanol–water partition coefficient (Wildman–Crippen LogP) is -1.73. The first-order valence-corrected chi connectivity index (χ1v) is 6.03. The standard InChI is InChI=1S/2NO2.2H2N.Pt/c2*2-1-3;;;/h;;2*1H2;/q;;2*-1;. The van der Waals surface area contributed by atoms with Crippen LogP contribution in [0.1, 0.15) is 0 Å². The molecule has 0 spiro atoms. The quantitative estimate of drug-likeness (QED) is 0.458. The Morgan fingerprint density at radius 3 is 1.33 bits per heavy atom. The van der Waals surface area contributed by atoms with E-state index in [2.05, 4.69) is 8.58 Å². The van der Waals surface area contributed by atoms with Crippen LogP contribution in [0.15, 0.2) is 0 Å². The summed E-state index contributed by atoms with van der Waals surface area (Å²) >= 11 is -4.82. The fraction of sp³-hybridized carbons (Fsp3) is 0. The molecule has 0 aromatic rings. The summed E-state index contributed by atoms with van der Waals surface area (Å²) in [5.41, 5.74) is 0. The Morgan fingerprint density at radius 2 is 1.33 bits per heavy atom. The topological polar surface area (TPSA) is 138 Å². The third kappa shape index (κ3) is 1.66. The van der Waals surface area contributed by atoms with E-state index in [1.54, 1.807) is 0 Å². The maximum atomic E-state index is 9.66. The molecule has 0 unspecified atom stereocenters. The Balaban J connectivity index is 4.38. The molecule has 9 heavy (non-hydrogen) atoms. The fourth-order valence-corrected chi connectivity index (χ4v) is 0.345. The van der Waals surface area contributed by atoms with E-state index in [9.17, 15) is 20.2 Å². The maximum absolute atomic E-state index is 9.66. The van der Waals surface area contributed by atoms with E-state index >= 15 is 0 Å². The first kappa shape index (κ1) is 8.41. The van der Waals surface area contributed by atoms with Crippen LogP contribution in [-0.2, 0) is 17.1 Å². The summed E-state index contributed by atoms with van der Waals surface area (Å²) in [6.45, 7) is 0. The first-order chi connectivity index (χ1) is 3.89. The van der Waals surface area contributed by atoms with Crippen molar-refractivity contribution in [2.24, 2.45) is 8.58 Å². The van der Waals surface area contributed by atoms with Gasteiger partial charge in [0.2, 0.25) is 0 Å². The predicted molar refractivity (Wildman–Crippen MR) is 22.4 cm³/mol. The molecule has 0 aliphatic carbocycles. The summed E-state index contributed by atoms with van der Waals surface area (Å²) in [6, 6.07) is 0. The van der Waals surface area contributed by atoms with Crippen LogP contribution >= 0.6 is 0 Å². The van der Waals surface area contributed by atoms with Crippen LogP contribution in [0.3, 0.4) is 0 Å². The second kappa shape index (κ2) is 2.34. The minimum atomic E-state index is -4.82. The third-order valence-electron chi connectivity index (χ3n) is 0.370. The number of nitrogens with zero attached hydrogens (tertiary/aromatic N) is 2. The van der Waals surface area contributed by atoms with Crippen molar-refractivity contribution in [2.45, 2.75) is 0 Å². The zero-order chi connectivity index (χ0) is 7.65. The van der Waals surface area contributed by atoms with E-state index in [0.717, 1.165) is 0 Å².